The van der Waals surface area contributed by atoms with E-state index >= 15 is 0 Å². The van der Waals surface area contributed by atoms with Crippen LogP contribution in [0.1, 0.15) is 49.2 Å². The number of alkyl halides is 2. The molecule has 0 atom stereocenters. The van der Waals surface area contributed by atoms with Gasteiger partial charge in [-0.15, -0.1) is 0 Å². The van der Waals surface area contributed by atoms with Crippen LogP contribution in [0, 0.1) is 12.7 Å². The first kappa shape index (κ1) is 24.5. The molecule has 0 aliphatic rings. The number of carbonyl (C=O) groups excluding carboxylic acids is 2. The van der Waals surface area contributed by atoms with Gasteiger partial charge in [-0.3, -0.25) is 9.59 Å². The Morgan fingerprint density at radius 3 is 2.24 bits per heavy atom. The minimum atomic E-state index is -3.91. The summed E-state index contributed by atoms with van der Waals surface area (Å²) in [5.41, 5.74) is -0.264. The molecule has 0 aliphatic carbocycles. The van der Waals surface area contributed by atoms with Crippen molar-refractivity contribution >= 4 is 29.1 Å². The summed E-state index contributed by atoms with van der Waals surface area (Å²) in [6.45, 7) is 8.62. The van der Waals surface area contributed by atoms with E-state index in [0.717, 1.165) is 12.1 Å². The zero-order chi connectivity index (χ0) is 22.4. The molecule has 2 N–H and O–H groups in total. The third-order valence-electron chi connectivity index (χ3n) is 3.69. The molecule has 4 nitrogen and oxygen atoms in total. The molecule has 8 heteroatoms. The number of rotatable bonds is 5. The lowest BCUT2D eigenvalue weighted by molar-refractivity contribution is -0.147. The molecular weight excluding hydrogens is 405 g/mol. The molecule has 0 aromatic heterocycles. The van der Waals surface area contributed by atoms with E-state index in [1.54, 1.807) is 13.8 Å². The van der Waals surface area contributed by atoms with E-state index in [2.05, 4.69) is 10.6 Å². The summed E-state index contributed by atoms with van der Waals surface area (Å²) in [5, 5.41) is 4.28. The standard InChI is InChI=1S/C19H18ClF3N2O2.C2H6/c1-10(2)24-18(27)19(22,23)14-9-12(4-6-15(14)20)17(26)25-13-5-7-16(21)11(3)8-13;1-2/h4-10H,1-3H3,(H,24,27)(H,25,26);1-2H3. The molecule has 0 saturated carbocycles. The first-order valence-corrected chi connectivity index (χ1v) is 9.46. The van der Waals surface area contributed by atoms with Gasteiger partial charge in [-0.05, 0) is 62.7 Å². The number of hydrogen-bond acceptors (Lipinski definition) is 2. The molecule has 0 radical (unpaired) electrons. The third-order valence-corrected chi connectivity index (χ3v) is 4.02. The average molecular weight is 429 g/mol. The predicted octanol–water partition coefficient (Wildman–Crippen LogP) is 5.68. The maximum absolute atomic E-state index is 14.5. The van der Waals surface area contributed by atoms with Crippen LogP contribution in [0.15, 0.2) is 36.4 Å². The molecule has 0 saturated heterocycles. The van der Waals surface area contributed by atoms with Crippen molar-refractivity contribution < 1.29 is 22.8 Å². The Bertz CT molecular complexity index is 886. The lowest BCUT2D eigenvalue weighted by Gasteiger charge is -2.20. The van der Waals surface area contributed by atoms with Crippen LogP contribution in [0.4, 0.5) is 18.9 Å². The number of amides is 2. The van der Waals surface area contributed by atoms with E-state index in [4.69, 9.17) is 11.6 Å². The van der Waals surface area contributed by atoms with Gasteiger partial charge in [0.15, 0.2) is 0 Å². The van der Waals surface area contributed by atoms with Crippen molar-refractivity contribution in [1.29, 1.82) is 0 Å². The van der Waals surface area contributed by atoms with Gasteiger partial charge in [-0.25, -0.2) is 4.39 Å². The second-order valence-electron chi connectivity index (χ2n) is 6.32. The van der Waals surface area contributed by atoms with E-state index in [-0.39, 0.29) is 10.6 Å². The Hall–Kier alpha value is -2.54. The van der Waals surface area contributed by atoms with Crippen molar-refractivity contribution in [2.24, 2.45) is 0 Å². The molecule has 0 aliphatic heterocycles. The van der Waals surface area contributed by atoms with Gasteiger partial charge in [-0.1, -0.05) is 25.4 Å². The van der Waals surface area contributed by atoms with Crippen LogP contribution in [0.3, 0.4) is 0 Å². The number of aryl methyl sites for hydroxylation is 1. The topological polar surface area (TPSA) is 58.2 Å². The van der Waals surface area contributed by atoms with Crippen LogP contribution < -0.4 is 10.6 Å². The summed E-state index contributed by atoms with van der Waals surface area (Å²) in [7, 11) is 0. The molecule has 2 rings (SSSR count). The van der Waals surface area contributed by atoms with E-state index in [1.165, 1.54) is 31.2 Å². The number of nitrogens with one attached hydrogen (secondary N) is 2. The fraction of sp³-hybridized carbons (Fsp3) is 0.333. The number of carbonyl (C=O) groups is 2. The molecule has 2 amide bonds. The average Bonchev–Trinajstić information content (AvgIpc) is 2.66. The minimum absolute atomic E-state index is 0.117. The van der Waals surface area contributed by atoms with Crippen LogP contribution in [0.2, 0.25) is 5.02 Å². The summed E-state index contributed by atoms with van der Waals surface area (Å²) in [4.78, 5) is 24.2. The van der Waals surface area contributed by atoms with Gasteiger partial charge in [-0.2, -0.15) is 8.78 Å². The van der Waals surface area contributed by atoms with Gasteiger partial charge >= 0.3 is 5.92 Å². The van der Waals surface area contributed by atoms with Crippen molar-refractivity contribution in [3.05, 3.63) is 63.9 Å². The molecule has 0 fully saturated rings. The van der Waals surface area contributed by atoms with Gasteiger partial charge in [0.1, 0.15) is 5.82 Å². The Morgan fingerprint density at radius 2 is 1.69 bits per heavy atom. The normalized spacial score (nSPS) is 10.8. The molecule has 0 spiro atoms. The SMILES string of the molecule is CC.Cc1cc(NC(=O)c2ccc(Cl)c(C(F)(F)C(=O)NC(C)C)c2)ccc1F. The summed E-state index contributed by atoms with van der Waals surface area (Å²) in [6, 6.07) is 6.70. The lowest BCUT2D eigenvalue weighted by atomic mass is 10.0. The third kappa shape index (κ3) is 6.22. The zero-order valence-electron chi connectivity index (χ0n) is 16.9. The zero-order valence-corrected chi connectivity index (χ0v) is 17.6. The largest absolute Gasteiger partial charge is 0.351 e. The van der Waals surface area contributed by atoms with Gasteiger partial charge in [0.25, 0.3) is 11.8 Å². The van der Waals surface area contributed by atoms with Crippen molar-refractivity contribution in [2.75, 3.05) is 5.32 Å². The van der Waals surface area contributed by atoms with Crippen molar-refractivity contribution in [1.82, 2.24) is 5.32 Å². The Morgan fingerprint density at radius 1 is 1.07 bits per heavy atom. The number of anilines is 1. The second kappa shape index (κ2) is 10.3. The number of hydrogen-bond donors (Lipinski definition) is 2. The van der Waals surface area contributed by atoms with E-state index < -0.39 is 35.2 Å². The van der Waals surface area contributed by atoms with Crippen LogP contribution in [-0.4, -0.2) is 17.9 Å². The van der Waals surface area contributed by atoms with Crippen LogP contribution in [0.5, 0.6) is 0 Å². The highest BCUT2D eigenvalue weighted by molar-refractivity contribution is 6.32. The molecule has 0 unspecified atom stereocenters. The summed E-state index contributed by atoms with van der Waals surface area (Å²) < 4.78 is 42.2. The first-order chi connectivity index (χ1) is 13.5. The number of halogens is 4. The highest BCUT2D eigenvalue weighted by Gasteiger charge is 2.43. The monoisotopic (exact) mass is 428 g/mol. The second-order valence-corrected chi connectivity index (χ2v) is 6.72. The van der Waals surface area contributed by atoms with E-state index in [9.17, 15) is 22.8 Å². The van der Waals surface area contributed by atoms with Crippen LogP contribution in [0.25, 0.3) is 0 Å². The van der Waals surface area contributed by atoms with Gasteiger partial charge in [0.2, 0.25) is 0 Å². The molecule has 0 bridgehead atoms. The molecule has 158 valence electrons. The van der Waals surface area contributed by atoms with Crippen LogP contribution in [-0.2, 0) is 10.7 Å². The van der Waals surface area contributed by atoms with Crippen LogP contribution >= 0.6 is 11.6 Å². The summed E-state index contributed by atoms with van der Waals surface area (Å²) in [5.74, 6) is -6.55. The highest BCUT2D eigenvalue weighted by Crippen LogP contribution is 2.34. The fourth-order valence-electron chi connectivity index (χ4n) is 2.31. The minimum Gasteiger partial charge on any atom is -0.348 e. The Balaban J connectivity index is 0.00000204. The van der Waals surface area contributed by atoms with Crippen molar-refractivity contribution in [3.8, 4) is 0 Å². The first-order valence-electron chi connectivity index (χ1n) is 9.08. The van der Waals surface area contributed by atoms with Gasteiger partial charge in [0.05, 0.1) is 10.6 Å². The molecule has 2 aromatic carbocycles. The Labute approximate surface area is 173 Å². The van der Waals surface area contributed by atoms with Gasteiger partial charge in [0, 0.05) is 17.3 Å². The Kier molecular flexibility index (Phi) is 8.70. The number of benzene rings is 2. The maximum atomic E-state index is 14.5. The predicted molar refractivity (Wildman–Crippen MR) is 109 cm³/mol. The molecule has 0 heterocycles. The highest BCUT2D eigenvalue weighted by atomic mass is 35.5. The van der Waals surface area contributed by atoms with E-state index in [0.29, 0.717) is 11.3 Å². The quantitative estimate of drug-likeness (QED) is 0.643. The summed E-state index contributed by atoms with van der Waals surface area (Å²) in [6.07, 6.45) is 0. The summed E-state index contributed by atoms with van der Waals surface area (Å²) >= 11 is 5.83. The molecule has 2 aromatic rings. The fourth-order valence-corrected chi connectivity index (χ4v) is 2.54. The van der Waals surface area contributed by atoms with Gasteiger partial charge < -0.3 is 10.6 Å². The van der Waals surface area contributed by atoms with Crippen molar-refractivity contribution in [3.63, 3.8) is 0 Å². The maximum Gasteiger partial charge on any atom is 0.351 e. The lowest BCUT2D eigenvalue weighted by Crippen LogP contribution is -2.41. The van der Waals surface area contributed by atoms with Crippen molar-refractivity contribution in [2.45, 2.75) is 46.6 Å². The molecule has 29 heavy (non-hydrogen) atoms. The smallest absolute Gasteiger partial charge is 0.348 e. The van der Waals surface area contributed by atoms with E-state index in [1.807, 2.05) is 13.8 Å². The molecular formula is C21H24ClF3N2O2.